The van der Waals surface area contributed by atoms with Gasteiger partial charge in [-0.3, -0.25) is 0 Å². The first kappa shape index (κ1) is 11.3. The number of nitrogens with zero attached hydrogens (tertiary/aromatic N) is 1. The second-order valence-corrected chi connectivity index (χ2v) is 3.71. The largest absolute Gasteiger partial charge is 0.508 e. The van der Waals surface area contributed by atoms with Gasteiger partial charge in [-0.25, -0.2) is 14.5 Å². The number of hydrogen-bond acceptors (Lipinski definition) is 3. The molecule has 0 atom stereocenters. The fourth-order valence-corrected chi connectivity index (χ4v) is 1.55. The molecule has 1 fully saturated rings. The van der Waals surface area contributed by atoms with Gasteiger partial charge in [0.15, 0.2) is 0 Å². The molecule has 0 saturated carbocycles. The molecular formula is C11H13N3O3. The number of amides is 4. The summed E-state index contributed by atoms with van der Waals surface area (Å²) in [5.74, 6) is 0.180. The van der Waals surface area contributed by atoms with E-state index in [-0.39, 0.29) is 11.8 Å². The molecule has 90 valence electrons. The van der Waals surface area contributed by atoms with E-state index in [2.05, 4.69) is 10.6 Å². The Hall–Kier alpha value is -2.24. The number of urea groups is 2. The zero-order chi connectivity index (χ0) is 12.3. The van der Waals surface area contributed by atoms with Crippen LogP contribution in [0.25, 0.3) is 0 Å². The second kappa shape index (κ2) is 4.73. The van der Waals surface area contributed by atoms with Gasteiger partial charge in [-0.1, -0.05) is 12.1 Å². The minimum absolute atomic E-state index is 0.180. The number of carbonyl (C=O) groups excluding carboxylic acids is 2. The molecule has 1 aliphatic rings. The third-order valence-electron chi connectivity index (χ3n) is 2.48. The van der Waals surface area contributed by atoms with E-state index >= 15 is 0 Å². The van der Waals surface area contributed by atoms with Crippen molar-refractivity contribution < 1.29 is 14.7 Å². The van der Waals surface area contributed by atoms with Crippen molar-refractivity contribution in [3.63, 3.8) is 0 Å². The Kier molecular flexibility index (Phi) is 3.13. The van der Waals surface area contributed by atoms with Crippen molar-refractivity contribution in [2.24, 2.45) is 0 Å². The predicted octanol–water partition coefficient (Wildman–Crippen LogP) is 0.627. The molecule has 1 aromatic rings. The van der Waals surface area contributed by atoms with Crippen LogP contribution in [-0.4, -0.2) is 35.2 Å². The summed E-state index contributed by atoms with van der Waals surface area (Å²) in [5.41, 5.74) is 0.857. The first-order valence-corrected chi connectivity index (χ1v) is 5.28. The molecule has 6 nitrogen and oxygen atoms in total. The van der Waals surface area contributed by atoms with Crippen LogP contribution in [0.4, 0.5) is 9.59 Å². The molecule has 6 heteroatoms. The molecule has 0 aliphatic carbocycles. The van der Waals surface area contributed by atoms with Crippen LogP contribution >= 0.6 is 0 Å². The summed E-state index contributed by atoms with van der Waals surface area (Å²) >= 11 is 0. The third-order valence-corrected chi connectivity index (χ3v) is 2.48. The Labute approximate surface area is 98.2 Å². The van der Waals surface area contributed by atoms with Crippen LogP contribution in [0, 0.1) is 0 Å². The topological polar surface area (TPSA) is 81.7 Å². The SMILES string of the molecule is O=C1NCCN1C(=O)NCc1ccc(O)cc1. The fraction of sp³-hybridized carbons (Fsp3) is 0.273. The Morgan fingerprint density at radius 2 is 2.12 bits per heavy atom. The van der Waals surface area contributed by atoms with Crippen LogP contribution in [0.1, 0.15) is 5.56 Å². The van der Waals surface area contributed by atoms with Gasteiger partial charge in [0.2, 0.25) is 0 Å². The van der Waals surface area contributed by atoms with E-state index in [0.717, 1.165) is 10.5 Å². The van der Waals surface area contributed by atoms with Gasteiger partial charge in [-0.05, 0) is 17.7 Å². The van der Waals surface area contributed by atoms with Crippen molar-refractivity contribution in [1.82, 2.24) is 15.5 Å². The first-order valence-electron chi connectivity index (χ1n) is 5.28. The Morgan fingerprint density at radius 1 is 1.41 bits per heavy atom. The van der Waals surface area contributed by atoms with Crippen molar-refractivity contribution >= 4 is 12.1 Å². The summed E-state index contributed by atoms with van der Waals surface area (Å²) in [4.78, 5) is 23.9. The van der Waals surface area contributed by atoms with Gasteiger partial charge >= 0.3 is 12.1 Å². The molecule has 4 amide bonds. The van der Waals surface area contributed by atoms with Gasteiger partial charge in [-0.15, -0.1) is 0 Å². The maximum Gasteiger partial charge on any atom is 0.325 e. The lowest BCUT2D eigenvalue weighted by Gasteiger charge is -2.13. The lowest BCUT2D eigenvalue weighted by Crippen LogP contribution is -2.41. The highest BCUT2D eigenvalue weighted by Gasteiger charge is 2.25. The van der Waals surface area contributed by atoms with Gasteiger partial charge in [0, 0.05) is 19.6 Å². The molecule has 0 bridgehead atoms. The van der Waals surface area contributed by atoms with Crippen LogP contribution in [0.15, 0.2) is 24.3 Å². The Morgan fingerprint density at radius 3 is 2.71 bits per heavy atom. The molecular weight excluding hydrogens is 222 g/mol. The molecule has 2 rings (SSSR count). The highest BCUT2D eigenvalue weighted by Crippen LogP contribution is 2.09. The molecule has 1 saturated heterocycles. The number of aromatic hydroxyl groups is 1. The number of hydrogen-bond donors (Lipinski definition) is 3. The summed E-state index contributed by atoms with van der Waals surface area (Å²) in [6.45, 7) is 1.20. The molecule has 1 heterocycles. The van der Waals surface area contributed by atoms with Crippen molar-refractivity contribution in [3.05, 3.63) is 29.8 Å². The molecule has 1 aromatic carbocycles. The van der Waals surface area contributed by atoms with Crippen molar-refractivity contribution in [1.29, 1.82) is 0 Å². The average Bonchev–Trinajstić information content (AvgIpc) is 2.74. The summed E-state index contributed by atoms with van der Waals surface area (Å²) in [7, 11) is 0. The Balaban J connectivity index is 1.87. The number of phenolic OH excluding ortho intramolecular Hbond substituents is 1. The number of nitrogens with one attached hydrogen (secondary N) is 2. The van der Waals surface area contributed by atoms with Gasteiger partial charge in [0.25, 0.3) is 0 Å². The van der Waals surface area contributed by atoms with Gasteiger partial charge in [-0.2, -0.15) is 0 Å². The van der Waals surface area contributed by atoms with Crippen LogP contribution in [-0.2, 0) is 6.54 Å². The first-order chi connectivity index (χ1) is 8.16. The predicted molar refractivity (Wildman–Crippen MR) is 60.4 cm³/mol. The van der Waals surface area contributed by atoms with Crippen LogP contribution in [0.3, 0.4) is 0 Å². The van der Waals surface area contributed by atoms with E-state index in [1.807, 2.05) is 0 Å². The quantitative estimate of drug-likeness (QED) is 0.703. The smallest absolute Gasteiger partial charge is 0.325 e. The molecule has 0 unspecified atom stereocenters. The highest BCUT2D eigenvalue weighted by atomic mass is 16.3. The monoisotopic (exact) mass is 235 g/mol. The van der Waals surface area contributed by atoms with Crippen LogP contribution < -0.4 is 10.6 Å². The maximum atomic E-state index is 11.6. The number of rotatable bonds is 2. The average molecular weight is 235 g/mol. The lowest BCUT2D eigenvalue weighted by molar-refractivity contribution is 0.198. The van der Waals surface area contributed by atoms with Crippen molar-refractivity contribution in [2.75, 3.05) is 13.1 Å². The summed E-state index contributed by atoms with van der Waals surface area (Å²) in [6.07, 6.45) is 0. The number of phenols is 1. The van der Waals surface area contributed by atoms with Crippen LogP contribution in [0.5, 0.6) is 5.75 Å². The van der Waals surface area contributed by atoms with E-state index in [1.165, 1.54) is 0 Å². The van der Waals surface area contributed by atoms with Gasteiger partial charge in [0.1, 0.15) is 5.75 Å². The molecule has 0 spiro atoms. The van der Waals surface area contributed by atoms with Crippen LogP contribution in [0.2, 0.25) is 0 Å². The highest BCUT2D eigenvalue weighted by molar-refractivity contribution is 5.94. The molecule has 17 heavy (non-hydrogen) atoms. The van der Waals surface area contributed by atoms with Gasteiger partial charge in [0.05, 0.1) is 0 Å². The van der Waals surface area contributed by atoms with E-state index < -0.39 is 6.03 Å². The van der Waals surface area contributed by atoms with E-state index in [1.54, 1.807) is 24.3 Å². The standard InChI is InChI=1S/C11H13N3O3/c15-9-3-1-8(2-4-9)7-13-11(17)14-6-5-12-10(14)16/h1-4,15H,5-7H2,(H,12,16)(H,13,17). The third kappa shape index (κ3) is 2.66. The summed E-state index contributed by atoms with van der Waals surface area (Å²) in [6, 6.07) is 5.73. The normalized spacial score (nSPS) is 14.6. The zero-order valence-electron chi connectivity index (χ0n) is 9.14. The van der Waals surface area contributed by atoms with Crippen molar-refractivity contribution in [3.8, 4) is 5.75 Å². The van der Waals surface area contributed by atoms with E-state index in [9.17, 15) is 9.59 Å². The lowest BCUT2D eigenvalue weighted by atomic mass is 10.2. The summed E-state index contributed by atoms with van der Waals surface area (Å²) < 4.78 is 0. The fourth-order valence-electron chi connectivity index (χ4n) is 1.55. The second-order valence-electron chi connectivity index (χ2n) is 3.71. The molecule has 3 N–H and O–H groups in total. The van der Waals surface area contributed by atoms with E-state index in [4.69, 9.17) is 5.11 Å². The maximum absolute atomic E-state index is 11.6. The number of imide groups is 1. The summed E-state index contributed by atoms with van der Waals surface area (Å²) in [5, 5.41) is 14.3. The molecule has 0 aromatic heterocycles. The van der Waals surface area contributed by atoms with E-state index in [0.29, 0.717) is 19.6 Å². The number of carbonyl (C=O) groups is 2. The number of benzene rings is 1. The minimum Gasteiger partial charge on any atom is -0.508 e. The Bertz CT molecular complexity index is 430. The molecule has 0 radical (unpaired) electrons. The molecule has 1 aliphatic heterocycles. The van der Waals surface area contributed by atoms with Gasteiger partial charge < -0.3 is 15.7 Å². The van der Waals surface area contributed by atoms with Crippen molar-refractivity contribution in [2.45, 2.75) is 6.54 Å². The minimum atomic E-state index is -0.409. The zero-order valence-corrected chi connectivity index (χ0v) is 9.14.